The molecule has 0 aromatic heterocycles. The van der Waals surface area contributed by atoms with Gasteiger partial charge in [-0.1, -0.05) is 190 Å². The third-order valence-electron chi connectivity index (χ3n) is 10.0. The summed E-state index contributed by atoms with van der Waals surface area (Å²) in [5.41, 5.74) is 0. The Balaban J connectivity index is 3.40. The van der Waals surface area contributed by atoms with Crippen molar-refractivity contribution in [3.8, 4) is 0 Å². The summed E-state index contributed by atoms with van der Waals surface area (Å²) >= 11 is 0. The summed E-state index contributed by atoms with van der Waals surface area (Å²) in [6.07, 6.45) is 54.4. The monoisotopic (exact) mass is 817 g/mol. The summed E-state index contributed by atoms with van der Waals surface area (Å²) in [7, 11) is 5.92. The number of carboxylic acids is 1. The van der Waals surface area contributed by atoms with Crippen molar-refractivity contribution in [1.29, 1.82) is 0 Å². The Bertz CT molecular complexity index is 1070. The highest BCUT2D eigenvalue weighted by atomic mass is 16.7. The van der Waals surface area contributed by atoms with Crippen molar-refractivity contribution < 1.29 is 38.5 Å². The number of quaternary nitrogens is 1. The number of esters is 1. The molecule has 0 fully saturated rings. The molecule has 8 nitrogen and oxygen atoms in total. The van der Waals surface area contributed by atoms with Gasteiger partial charge in [-0.3, -0.25) is 4.79 Å². The molecule has 0 spiro atoms. The maximum Gasteiger partial charge on any atom is 0.361 e. The summed E-state index contributed by atoms with van der Waals surface area (Å²) in [4.78, 5) is 23.3. The zero-order chi connectivity index (χ0) is 42.6. The molecule has 0 radical (unpaired) electrons. The average molecular weight is 817 g/mol. The molecule has 2 N–H and O–H groups in total. The highest BCUT2D eigenvalue weighted by molar-refractivity contribution is 5.70. The number of aliphatic hydroxyl groups excluding tert-OH is 1. The van der Waals surface area contributed by atoms with Gasteiger partial charge in [-0.05, 0) is 51.4 Å². The van der Waals surface area contributed by atoms with Crippen LogP contribution in [0, 0.1) is 0 Å². The van der Waals surface area contributed by atoms with Crippen LogP contribution in [0.5, 0.6) is 0 Å². The number of hydrogen-bond donors (Lipinski definition) is 2. The van der Waals surface area contributed by atoms with Crippen LogP contribution in [-0.4, -0.2) is 86.5 Å². The molecule has 0 aliphatic heterocycles. The van der Waals surface area contributed by atoms with E-state index in [9.17, 15) is 19.8 Å². The van der Waals surface area contributed by atoms with Gasteiger partial charge in [-0.25, -0.2) is 4.79 Å². The molecule has 2 atom stereocenters. The van der Waals surface area contributed by atoms with Crippen molar-refractivity contribution in [2.75, 3.05) is 47.5 Å². The minimum atomic E-state index is -1.46. The smallest absolute Gasteiger partial charge is 0.361 e. The van der Waals surface area contributed by atoms with Crippen molar-refractivity contribution in [2.24, 2.45) is 0 Å². The minimum absolute atomic E-state index is 0.210. The SMILES string of the molecule is CC/C=C\C/C=C\C/C=C\C/C=C\C/C=C\CCCCCCCCCCCCCCCCCCCCCCCC(=O)OCC(O)COC(OCC[N+](C)(C)C)C(=O)O. The first-order valence-corrected chi connectivity index (χ1v) is 23.5. The second-order valence-electron chi connectivity index (χ2n) is 16.9. The van der Waals surface area contributed by atoms with Crippen molar-refractivity contribution in [3.05, 3.63) is 60.8 Å². The normalized spacial score (nSPS) is 13.6. The Hall–Kier alpha value is -2.52. The molecule has 0 aliphatic rings. The number of aliphatic carboxylic acids is 1. The van der Waals surface area contributed by atoms with Gasteiger partial charge >= 0.3 is 11.9 Å². The van der Waals surface area contributed by atoms with Crippen LogP contribution in [0.2, 0.25) is 0 Å². The maximum absolute atomic E-state index is 12.0. The fourth-order valence-electron chi connectivity index (χ4n) is 6.39. The lowest BCUT2D eigenvalue weighted by Gasteiger charge is -2.24. The van der Waals surface area contributed by atoms with E-state index < -0.39 is 18.4 Å². The molecule has 0 aromatic rings. The van der Waals surface area contributed by atoms with Gasteiger partial charge in [0.15, 0.2) is 0 Å². The van der Waals surface area contributed by atoms with E-state index >= 15 is 0 Å². The number of hydrogen-bond acceptors (Lipinski definition) is 6. The Morgan fingerprint density at radius 3 is 1.29 bits per heavy atom. The lowest BCUT2D eigenvalue weighted by atomic mass is 10.0. The van der Waals surface area contributed by atoms with Gasteiger partial charge in [0.1, 0.15) is 19.3 Å². The van der Waals surface area contributed by atoms with Crippen LogP contribution in [0.4, 0.5) is 0 Å². The standard InChI is InChI=1S/C50H89NO7/c1-5-6-7-8-9-10-11-12-13-14-15-16-17-18-19-20-21-22-23-24-25-26-27-28-29-30-31-32-33-34-35-36-37-38-39-40-41-42-48(53)57-45-47(52)46-58-50(49(54)55)56-44-43-51(2,3)4/h6-7,9-10,12-13,15-16,18-19,47,50,52H,5,8,11,14,17,20-46H2,1-4H3/p+1/b7-6-,10-9-,13-12-,16-15-,19-18-. The molecule has 0 saturated heterocycles. The average Bonchev–Trinajstić information content (AvgIpc) is 3.19. The quantitative estimate of drug-likeness (QED) is 0.0208. The number of aliphatic hydroxyl groups is 1. The van der Waals surface area contributed by atoms with E-state index in [-0.39, 0.29) is 25.8 Å². The van der Waals surface area contributed by atoms with E-state index in [4.69, 9.17) is 14.2 Å². The van der Waals surface area contributed by atoms with Gasteiger partial charge < -0.3 is 28.9 Å². The molecule has 8 heteroatoms. The predicted molar refractivity (Wildman–Crippen MR) is 244 cm³/mol. The molecule has 0 rings (SSSR count). The van der Waals surface area contributed by atoms with E-state index in [1.165, 1.54) is 122 Å². The number of carbonyl (C=O) groups excluding carboxylic acids is 1. The van der Waals surface area contributed by atoms with Gasteiger partial charge in [0.25, 0.3) is 6.29 Å². The first-order chi connectivity index (χ1) is 28.2. The van der Waals surface area contributed by atoms with Gasteiger partial charge in [0, 0.05) is 6.42 Å². The minimum Gasteiger partial charge on any atom is -0.477 e. The highest BCUT2D eigenvalue weighted by Crippen LogP contribution is 2.16. The molecule has 0 saturated carbocycles. The fourth-order valence-corrected chi connectivity index (χ4v) is 6.39. The first kappa shape index (κ1) is 55.5. The summed E-state index contributed by atoms with van der Waals surface area (Å²) in [5, 5.41) is 19.3. The van der Waals surface area contributed by atoms with Crippen molar-refractivity contribution in [3.63, 3.8) is 0 Å². The zero-order valence-electron chi connectivity index (χ0n) is 37.9. The molecule has 2 unspecified atom stereocenters. The molecule has 336 valence electrons. The van der Waals surface area contributed by atoms with Gasteiger partial charge in [0.05, 0.1) is 34.4 Å². The summed E-state index contributed by atoms with van der Waals surface area (Å²) in [5.74, 6) is -1.60. The molecule has 58 heavy (non-hydrogen) atoms. The number of rotatable bonds is 43. The Morgan fingerprint density at radius 2 is 0.897 bits per heavy atom. The largest absolute Gasteiger partial charge is 0.477 e. The number of allylic oxidation sites excluding steroid dienone is 10. The van der Waals surface area contributed by atoms with E-state index in [0.717, 1.165) is 51.4 Å². The van der Waals surface area contributed by atoms with Crippen LogP contribution in [0.3, 0.4) is 0 Å². The third kappa shape index (κ3) is 44.6. The number of ether oxygens (including phenoxy) is 3. The van der Waals surface area contributed by atoms with Crippen LogP contribution >= 0.6 is 0 Å². The molecule has 0 aliphatic carbocycles. The van der Waals surface area contributed by atoms with Crippen LogP contribution < -0.4 is 0 Å². The van der Waals surface area contributed by atoms with Gasteiger partial charge in [-0.15, -0.1) is 0 Å². The summed E-state index contributed by atoms with van der Waals surface area (Å²) < 4.78 is 16.2. The number of likely N-dealkylation sites (N-methyl/N-ethyl adjacent to an activating group) is 1. The van der Waals surface area contributed by atoms with Crippen molar-refractivity contribution in [2.45, 2.75) is 199 Å². The molecule has 0 amide bonds. The zero-order valence-corrected chi connectivity index (χ0v) is 37.9. The van der Waals surface area contributed by atoms with Gasteiger partial charge in [0.2, 0.25) is 0 Å². The second kappa shape index (κ2) is 42.6. The van der Waals surface area contributed by atoms with Crippen molar-refractivity contribution >= 4 is 11.9 Å². The van der Waals surface area contributed by atoms with E-state index in [2.05, 4.69) is 67.7 Å². The summed E-state index contributed by atoms with van der Waals surface area (Å²) in [6.45, 7) is 2.48. The van der Waals surface area contributed by atoms with Gasteiger partial charge in [-0.2, -0.15) is 0 Å². The van der Waals surface area contributed by atoms with Crippen LogP contribution in [-0.2, 0) is 23.8 Å². The second-order valence-corrected chi connectivity index (χ2v) is 16.9. The molecule has 0 aromatic carbocycles. The molecular weight excluding hydrogens is 727 g/mol. The number of carbonyl (C=O) groups is 2. The predicted octanol–water partition coefficient (Wildman–Crippen LogP) is 12.8. The maximum atomic E-state index is 12.0. The van der Waals surface area contributed by atoms with E-state index in [1.807, 2.05) is 21.1 Å². The highest BCUT2D eigenvalue weighted by Gasteiger charge is 2.22. The number of unbranched alkanes of at least 4 members (excludes halogenated alkanes) is 21. The molecular formula is C50H90NO7+. The first-order valence-electron chi connectivity index (χ1n) is 23.5. The molecule has 0 bridgehead atoms. The third-order valence-corrected chi connectivity index (χ3v) is 10.0. The lowest BCUT2D eigenvalue weighted by Crippen LogP contribution is -2.40. The Labute approximate surface area is 356 Å². The van der Waals surface area contributed by atoms with Crippen LogP contribution in [0.25, 0.3) is 0 Å². The Morgan fingerprint density at radius 1 is 0.517 bits per heavy atom. The van der Waals surface area contributed by atoms with Crippen molar-refractivity contribution in [1.82, 2.24) is 0 Å². The topological polar surface area (TPSA) is 102 Å². The number of nitrogens with zero attached hydrogens (tertiary/aromatic N) is 1. The lowest BCUT2D eigenvalue weighted by molar-refractivity contribution is -0.870. The molecule has 0 heterocycles. The van der Waals surface area contributed by atoms with E-state index in [1.54, 1.807) is 0 Å². The van der Waals surface area contributed by atoms with E-state index in [0.29, 0.717) is 17.4 Å². The summed E-state index contributed by atoms with van der Waals surface area (Å²) in [6, 6.07) is 0. The Kier molecular flexibility index (Phi) is 40.7. The van der Waals surface area contributed by atoms with Crippen LogP contribution in [0.15, 0.2) is 60.8 Å². The van der Waals surface area contributed by atoms with Crippen LogP contribution in [0.1, 0.15) is 187 Å². The number of carboxylic acid groups (broad SMARTS) is 1. The fraction of sp³-hybridized carbons (Fsp3) is 0.760.